The fourth-order valence-electron chi connectivity index (χ4n) is 4.72. The van der Waals surface area contributed by atoms with E-state index >= 15 is 0 Å². The van der Waals surface area contributed by atoms with Gasteiger partial charge < -0.3 is 44.6 Å². The van der Waals surface area contributed by atoms with Crippen LogP contribution in [0.25, 0.3) is 11.2 Å². The Morgan fingerprint density at radius 2 is 1.40 bits per heavy atom. The normalized spacial score (nSPS) is 38.3. The van der Waals surface area contributed by atoms with E-state index < -0.39 is 83.5 Å². The van der Waals surface area contributed by atoms with Gasteiger partial charge in [-0.05, 0) is 31.2 Å². The molecule has 244 valence electrons. The van der Waals surface area contributed by atoms with Gasteiger partial charge in [0.05, 0.1) is 13.2 Å². The molecule has 4 aliphatic heterocycles. The van der Waals surface area contributed by atoms with Gasteiger partial charge in [0, 0.05) is 0 Å². The number of halogens is 1. The monoisotopic (exact) mass is 677 g/mol. The highest BCUT2D eigenvalue weighted by Gasteiger charge is 2.49. The van der Waals surface area contributed by atoms with Crippen LogP contribution in [0.1, 0.15) is 33.2 Å². The summed E-state index contributed by atoms with van der Waals surface area (Å²) in [6, 6.07) is 0. The van der Waals surface area contributed by atoms with Crippen molar-refractivity contribution in [2.24, 2.45) is 0 Å². The van der Waals surface area contributed by atoms with Crippen LogP contribution >= 0.6 is 27.2 Å². The Labute approximate surface area is 249 Å². The van der Waals surface area contributed by atoms with Crippen molar-refractivity contribution in [1.82, 2.24) is 24.0 Å². The summed E-state index contributed by atoms with van der Waals surface area (Å²) in [7, 11) is -10.6. The Morgan fingerprint density at radius 3 is 1.88 bits per heavy atom. The number of fused-ring (bicyclic) bond motifs is 7. The molecule has 6 N–H and O–H groups in total. The third-order valence-electron chi connectivity index (χ3n) is 7.14. The average molecular weight is 678 g/mol. The molecular weight excluding hydrogens is 644 g/mol. The number of phosphoric ester groups is 2. The second kappa shape index (κ2) is 13.5. The third-order valence-corrected chi connectivity index (χ3v) is 10.0. The summed E-state index contributed by atoms with van der Waals surface area (Å²) in [6.07, 6.45) is -12.0. The molecule has 0 spiro atoms. The first-order chi connectivity index (χ1) is 20.1. The van der Waals surface area contributed by atoms with Crippen molar-refractivity contribution in [2.45, 2.75) is 69.9 Å². The van der Waals surface area contributed by atoms with Crippen molar-refractivity contribution in [3.8, 4) is 0 Å². The molecule has 22 heteroatoms. The van der Waals surface area contributed by atoms with E-state index in [0.717, 1.165) is 15.5 Å². The first kappa shape index (κ1) is 34.5. The van der Waals surface area contributed by atoms with Crippen molar-refractivity contribution in [2.75, 3.05) is 32.8 Å². The molecule has 0 saturated carbocycles. The topological polar surface area (TPSA) is 258 Å². The van der Waals surface area contributed by atoms with Gasteiger partial charge >= 0.3 is 15.6 Å². The first-order valence-electron chi connectivity index (χ1n) is 13.2. The molecular formula is C21H34ClN5O14P2. The van der Waals surface area contributed by atoms with Crippen LogP contribution in [0, 0.1) is 0 Å². The molecule has 19 nitrogen and oxygen atoms in total. The molecule has 0 aliphatic carbocycles. The Balaban J connectivity index is 0.000000541. The molecule has 43 heavy (non-hydrogen) atoms. The molecule has 2 aromatic rings. The number of hydrogen-bond donors (Lipinski definition) is 6. The van der Waals surface area contributed by atoms with Gasteiger partial charge in [0.2, 0.25) is 5.28 Å². The fourth-order valence-corrected chi connectivity index (χ4v) is 7.07. The molecule has 0 aromatic carbocycles. The molecule has 0 amide bonds. The smallest absolute Gasteiger partial charge is 0.387 e. The summed E-state index contributed by atoms with van der Waals surface area (Å²) in [5, 5.41) is 41.2. The van der Waals surface area contributed by atoms with Gasteiger partial charge in [-0.15, -0.1) is 0 Å². The third kappa shape index (κ3) is 7.22. The zero-order valence-corrected chi connectivity index (χ0v) is 25.7. The highest BCUT2D eigenvalue weighted by molar-refractivity contribution is 7.61. The minimum Gasteiger partial charge on any atom is -0.387 e. The van der Waals surface area contributed by atoms with Gasteiger partial charge in [0.15, 0.2) is 23.6 Å². The van der Waals surface area contributed by atoms with Crippen LogP contribution < -0.4 is 5.56 Å². The summed E-state index contributed by atoms with van der Waals surface area (Å²) in [5.74, 6) is 0. The molecule has 2 fully saturated rings. The van der Waals surface area contributed by atoms with Crippen LogP contribution in [0.2, 0.25) is 5.28 Å². The molecule has 2 aromatic heterocycles. The van der Waals surface area contributed by atoms with E-state index in [4.69, 9.17) is 21.1 Å². The Bertz CT molecular complexity index is 1440. The minimum absolute atomic E-state index is 0.189. The summed E-state index contributed by atoms with van der Waals surface area (Å²) < 4.78 is 50.4. The molecule has 6 rings (SSSR count). The zero-order valence-electron chi connectivity index (χ0n) is 23.2. The number of aromatic nitrogens is 4. The molecule has 6 heterocycles. The van der Waals surface area contributed by atoms with Crippen molar-refractivity contribution in [1.29, 1.82) is 0 Å². The summed E-state index contributed by atoms with van der Waals surface area (Å²) in [4.78, 5) is 43.1. The number of nitrogens with zero attached hydrogens (tertiary/aromatic N) is 5. The van der Waals surface area contributed by atoms with Gasteiger partial charge in [-0.25, -0.2) is 19.1 Å². The van der Waals surface area contributed by atoms with Crippen LogP contribution in [-0.4, -0.2) is 124 Å². The molecule has 2 saturated heterocycles. The maximum atomic E-state index is 13.1. The van der Waals surface area contributed by atoms with Gasteiger partial charge in [-0.2, -0.15) is 4.31 Å². The van der Waals surface area contributed by atoms with Crippen LogP contribution in [0.3, 0.4) is 0 Å². The number of ether oxygens (including phenoxy) is 2. The van der Waals surface area contributed by atoms with E-state index in [-0.39, 0.29) is 16.4 Å². The standard InChI is InChI=1S/C15H19ClN4O14P2.C6H15N/c16-15-18-6-11-17-3-19(12(6)25)13-9(23)7(21)4(32-13)1-30-35(26,27)34-36(28,29)31-2-5-8(22)10(24)14(33-5)20(11)15;1-4-7(5-2)6-3/h3-5,7-10,13-14,21-24H,1-2H2,(H,26,27)(H,28,29);4-6H2,1-3H3/t4-,5-,7-,8-,9-,10-,13-,14-;/m1./s1. The summed E-state index contributed by atoms with van der Waals surface area (Å²) in [5.41, 5.74) is -1.43. The maximum Gasteiger partial charge on any atom is 0.481 e. The number of aliphatic hydroxyl groups excluding tert-OH is 4. The van der Waals surface area contributed by atoms with Crippen molar-refractivity contribution in [3.05, 3.63) is 22.0 Å². The molecule has 4 aliphatic rings. The number of rotatable bonds is 3. The van der Waals surface area contributed by atoms with Gasteiger partial charge in [0.1, 0.15) is 43.0 Å². The van der Waals surface area contributed by atoms with E-state index in [1.54, 1.807) is 0 Å². The van der Waals surface area contributed by atoms with Crippen molar-refractivity contribution in [3.63, 3.8) is 0 Å². The lowest BCUT2D eigenvalue weighted by Gasteiger charge is -2.21. The highest BCUT2D eigenvalue weighted by atomic mass is 35.5. The predicted molar refractivity (Wildman–Crippen MR) is 145 cm³/mol. The lowest BCUT2D eigenvalue weighted by Crippen LogP contribution is -2.36. The van der Waals surface area contributed by atoms with Crippen molar-refractivity contribution < 1.29 is 62.2 Å². The first-order valence-corrected chi connectivity index (χ1v) is 16.6. The SMILES string of the molecule is CCN(CC)CC.O=c1c2nc(Cl)n3c2ncn1[C@@H]1O[C@H](COP(=O)(O)OP(=O)(O)OC[C@H]2O[C@@H]3[C@H](O)[C@@H]2O)[C@@H](O)[C@H]1O. The van der Waals surface area contributed by atoms with Crippen LogP contribution in [0.5, 0.6) is 0 Å². The number of aliphatic hydroxyl groups is 4. The lowest BCUT2D eigenvalue weighted by molar-refractivity contribution is -0.0560. The zero-order chi connectivity index (χ0) is 31.9. The fraction of sp³-hybridized carbons (Fsp3) is 0.762. The molecule has 8 bridgehead atoms. The minimum atomic E-state index is -5.31. The quantitative estimate of drug-likeness (QED) is 0.170. The van der Waals surface area contributed by atoms with E-state index in [1.165, 1.54) is 19.6 Å². The average Bonchev–Trinajstić information content (AvgIpc) is 3.53. The predicted octanol–water partition coefficient (Wildman–Crippen LogP) is -0.903. The second-order valence-electron chi connectivity index (χ2n) is 9.70. The van der Waals surface area contributed by atoms with Gasteiger partial charge in [-0.3, -0.25) is 23.0 Å². The summed E-state index contributed by atoms with van der Waals surface area (Å²) in [6.45, 7) is 8.29. The van der Waals surface area contributed by atoms with Crippen molar-refractivity contribution >= 4 is 38.4 Å². The molecule has 0 radical (unpaired) electrons. The highest BCUT2D eigenvalue weighted by Crippen LogP contribution is 2.60. The number of imidazole rings is 1. The Kier molecular flexibility index (Phi) is 10.9. The van der Waals surface area contributed by atoms with E-state index in [0.29, 0.717) is 0 Å². The molecule has 2 unspecified atom stereocenters. The number of hydrogen-bond acceptors (Lipinski definition) is 15. The number of phosphoric acid groups is 2. The van der Waals surface area contributed by atoms with Crippen LogP contribution in [0.15, 0.2) is 11.1 Å². The largest absolute Gasteiger partial charge is 0.481 e. The van der Waals surface area contributed by atoms with Gasteiger partial charge in [-0.1, -0.05) is 20.8 Å². The maximum absolute atomic E-state index is 13.1. The summed E-state index contributed by atoms with van der Waals surface area (Å²) >= 11 is 6.16. The van der Waals surface area contributed by atoms with Crippen LogP contribution in [0.4, 0.5) is 0 Å². The molecule has 10 atom stereocenters. The van der Waals surface area contributed by atoms with E-state index in [1.807, 2.05) is 0 Å². The Morgan fingerprint density at radius 1 is 0.907 bits per heavy atom. The lowest BCUT2D eigenvalue weighted by atomic mass is 10.1. The van der Waals surface area contributed by atoms with E-state index in [2.05, 4.69) is 49.0 Å². The van der Waals surface area contributed by atoms with Crippen LogP contribution in [-0.2, 0) is 32.0 Å². The van der Waals surface area contributed by atoms with Gasteiger partial charge in [0.25, 0.3) is 5.56 Å². The van der Waals surface area contributed by atoms with E-state index in [9.17, 15) is 44.1 Å². The second-order valence-corrected chi connectivity index (χ2v) is 13.1. The Hall–Kier alpha value is -1.38.